The van der Waals surface area contributed by atoms with E-state index in [1.54, 1.807) is 0 Å². The molecule has 0 saturated carbocycles. The van der Waals surface area contributed by atoms with Gasteiger partial charge in [0.15, 0.2) is 0 Å². The van der Waals surface area contributed by atoms with E-state index < -0.39 is 0 Å². The Labute approximate surface area is 114 Å². The Bertz CT molecular complexity index is 176. The molecular weight excluding hydrogens is 226 g/mol. The average molecular weight is 259 g/mol. The normalized spacial score (nSPS) is 15.0. The molecule has 1 N–H and O–H groups in total. The quantitative estimate of drug-likeness (QED) is 0.547. The highest BCUT2D eigenvalue weighted by molar-refractivity contribution is 4.70. The molecule has 2 atom stereocenters. The molecule has 0 aromatic heterocycles. The largest absolute Gasteiger partial charge is 0.389 e. The molecule has 110 valence electrons. The van der Waals surface area contributed by atoms with Gasteiger partial charge in [-0.15, -0.1) is 0 Å². The highest BCUT2D eigenvalue weighted by atomic mass is 16.5. The van der Waals surface area contributed by atoms with Crippen LogP contribution in [0.2, 0.25) is 0 Å². The summed E-state index contributed by atoms with van der Waals surface area (Å²) in [5.74, 6) is 0. The van der Waals surface area contributed by atoms with Gasteiger partial charge >= 0.3 is 0 Å². The van der Waals surface area contributed by atoms with Gasteiger partial charge in [0.2, 0.25) is 0 Å². The van der Waals surface area contributed by atoms with Crippen molar-refractivity contribution < 1.29 is 9.84 Å². The number of hydrogen-bond donors (Lipinski definition) is 1. The van der Waals surface area contributed by atoms with E-state index in [0.29, 0.717) is 12.6 Å². The van der Waals surface area contributed by atoms with Gasteiger partial charge < -0.3 is 9.84 Å². The predicted octanol–water partition coefficient (Wildman–Crippen LogP) is 3.06. The third-order valence-electron chi connectivity index (χ3n) is 3.41. The summed E-state index contributed by atoms with van der Waals surface area (Å²) in [6.07, 6.45) is 5.41. The summed E-state index contributed by atoms with van der Waals surface area (Å²) in [4.78, 5) is 2.39. The van der Waals surface area contributed by atoms with Crippen LogP contribution < -0.4 is 0 Å². The van der Waals surface area contributed by atoms with E-state index in [2.05, 4.69) is 32.6 Å². The van der Waals surface area contributed by atoms with E-state index in [9.17, 15) is 5.11 Å². The first-order chi connectivity index (χ1) is 8.65. The number of hydrogen-bond acceptors (Lipinski definition) is 3. The molecule has 0 heterocycles. The molecule has 0 aliphatic rings. The molecule has 3 nitrogen and oxygen atoms in total. The molecule has 0 rings (SSSR count). The first-order valence-electron chi connectivity index (χ1n) is 7.65. The highest BCUT2D eigenvalue weighted by Gasteiger charge is 2.16. The monoisotopic (exact) mass is 259 g/mol. The molecule has 0 aromatic carbocycles. The Hall–Kier alpha value is -0.120. The Morgan fingerprint density at radius 2 is 1.78 bits per heavy atom. The van der Waals surface area contributed by atoms with E-state index in [0.717, 1.165) is 39.0 Å². The summed E-state index contributed by atoms with van der Waals surface area (Å²) in [6.45, 7) is 11.9. The maximum atomic E-state index is 10.00. The molecule has 0 aromatic rings. The van der Waals surface area contributed by atoms with Crippen molar-refractivity contribution in [3.63, 3.8) is 0 Å². The van der Waals surface area contributed by atoms with Crippen molar-refractivity contribution in [2.24, 2.45) is 0 Å². The number of nitrogens with zero attached hydrogens (tertiary/aromatic N) is 1. The van der Waals surface area contributed by atoms with Crippen LogP contribution in [0.5, 0.6) is 0 Å². The first kappa shape index (κ1) is 17.9. The smallest absolute Gasteiger partial charge is 0.0900 e. The Morgan fingerprint density at radius 3 is 2.33 bits per heavy atom. The summed E-state index contributed by atoms with van der Waals surface area (Å²) >= 11 is 0. The zero-order valence-electron chi connectivity index (χ0n) is 12.8. The number of aliphatic hydroxyl groups is 1. The molecule has 2 unspecified atom stereocenters. The van der Waals surface area contributed by atoms with Gasteiger partial charge in [-0.05, 0) is 32.7 Å². The molecule has 3 heteroatoms. The second-order valence-corrected chi connectivity index (χ2v) is 5.19. The van der Waals surface area contributed by atoms with Crippen LogP contribution in [-0.4, -0.2) is 48.5 Å². The van der Waals surface area contributed by atoms with Crippen molar-refractivity contribution in [1.82, 2.24) is 4.90 Å². The van der Waals surface area contributed by atoms with E-state index in [1.807, 2.05) is 0 Å². The van der Waals surface area contributed by atoms with Gasteiger partial charge in [-0.3, -0.25) is 4.90 Å². The SMILES string of the molecule is CCCCOCC(O)CN(CCCC)C(C)CC. The Balaban J connectivity index is 3.89. The fourth-order valence-electron chi connectivity index (χ4n) is 1.90. The van der Waals surface area contributed by atoms with Gasteiger partial charge in [0.25, 0.3) is 0 Å². The van der Waals surface area contributed by atoms with Crippen LogP contribution in [0.4, 0.5) is 0 Å². The van der Waals surface area contributed by atoms with Crippen molar-refractivity contribution in [2.75, 3.05) is 26.3 Å². The molecule has 0 aliphatic carbocycles. The molecule has 0 spiro atoms. The van der Waals surface area contributed by atoms with Gasteiger partial charge in [-0.1, -0.05) is 33.6 Å². The predicted molar refractivity (Wildman–Crippen MR) is 78.0 cm³/mol. The molecule has 0 fully saturated rings. The summed E-state index contributed by atoms with van der Waals surface area (Å²) < 4.78 is 5.48. The van der Waals surface area contributed by atoms with Gasteiger partial charge in [0.1, 0.15) is 0 Å². The second-order valence-electron chi connectivity index (χ2n) is 5.19. The third kappa shape index (κ3) is 8.90. The van der Waals surface area contributed by atoms with Crippen LogP contribution >= 0.6 is 0 Å². The Kier molecular flexibility index (Phi) is 11.9. The molecule has 0 bridgehead atoms. The maximum absolute atomic E-state index is 10.00. The van der Waals surface area contributed by atoms with E-state index in [4.69, 9.17) is 4.74 Å². The minimum absolute atomic E-state index is 0.354. The van der Waals surface area contributed by atoms with Gasteiger partial charge in [-0.25, -0.2) is 0 Å². The van der Waals surface area contributed by atoms with Crippen LogP contribution in [0, 0.1) is 0 Å². The lowest BCUT2D eigenvalue weighted by Crippen LogP contribution is -2.41. The third-order valence-corrected chi connectivity index (χ3v) is 3.41. The molecule has 18 heavy (non-hydrogen) atoms. The zero-order valence-corrected chi connectivity index (χ0v) is 12.8. The van der Waals surface area contributed by atoms with Crippen LogP contribution in [-0.2, 0) is 4.74 Å². The van der Waals surface area contributed by atoms with Crippen molar-refractivity contribution in [1.29, 1.82) is 0 Å². The first-order valence-corrected chi connectivity index (χ1v) is 7.65. The van der Waals surface area contributed by atoms with E-state index >= 15 is 0 Å². The second kappa shape index (κ2) is 11.9. The minimum Gasteiger partial charge on any atom is -0.389 e. The molecule has 0 amide bonds. The number of ether oxygens (including phenoxy) is 1. The van der Waals surface area contributed by atoms with Crippen molar-refractivity contribution in [3.8, 4) is 0 Å². The number of unbranched alkanes of at least 4 members (excludes halogenated alkanes) is 2. The summed E-state index contributed by atoms with van der Waals surface area (Å²) in [5, 5.41) is 10.00. The van der Waals surface area contributed by atoms with Crippen molar-refractivity contribution >= 4 is 0 Å². The van der Waals surface area contributed by atoms with E-state index in [1.165, 1.54) is 12.8 Å². The topological polar surface area (TPSA) is 32.7 Å². The molecular formula is C15H33NO2. The van der Waals surface area contributed by atoms with Gasteiger partial charge in [0.05, 0.1) is 12.7 Å². The van der Waals surface area contributed by atoms with Crippen LogP contribution in [0.15, 0.2) is 0 Å². The van der Waals surface area contributed by atoms with E-state index in [-0.39, 0.29) is 6.10 Å². The number of aliphatic hydroxyl groups excluding tert-OH is 1. The van der Waals surface area contributed by atoms with Crippen LogP contribution in [0.3, 0.4) is 0 Å². The van der Waals surface area contributed by atoms with Crippen LogP contribution in [0.1, 0.15) is 59.8 Å². The molecule has 0 aliphatic heterocycles. The van der Waals surface area contributed by atoms with Crippen molar-refractivity contribution in [2.45, 2.75) is 71.9 Å². The lowest BCUT2D eigenvalue weighted by atomic mass is 10.1. The molecule has 0 saturated heterocycles. The van der Waals surface area contributed by atoms with Crippen LogP contribution in [0.25, 0.3) is 0 Å². The van der Waals surface area contributed by atoms with Gasteiger partial charge in [0, 0.05) is 19.2 Å². The van der Waals surface area contributed by atoms with Crippen molar-refractivity contribution in [3.05, 3.63) is 0 Å². The maximum Gasteiger partial charge on any atom is 0.0900 e. The lowest BCUT2D eigenvalue weighted by Gasteiger charge is -2.30. The molecule has 0 radical (unpaired) electrons. The van der Waals surface area contributed by atoms with Gasteiger partial charge in [-0.2, -0.15) is 0 Å². The highest BCUT2D eigenvalue weighted by Crippen LogP contribution is 2.07. The summed E-state index contributed by atoms with van der Waals surface area (Å²) in [5.41, 5.74) is 0. The summed E-state index contributed by atoms with van der Waals surface area (Å²) in [7, 11) is 0. The average Bonchev–Trinajstić information content (AvgIpc) is 2.38. The lowest BCUT2D eigenvalue weighted by molar-refractivity contribution is 0.00841. The standard InChI is InChI=1S/C15H33NO2/c1-5-8-10-16(14(4)7-3)12-15(17)13-18-11-9-6-2/h14-15,17H,5-13H2,1-4H3. The fourth-order valence-corrected chi connectivity index (χ4v) is 1.90. The zero-order chi connectivity index (χ0) is 13.8. The summed E-state index contributed by atoms with van der Waals surface area (Å²) in [6, 6.07) is 0.543. The fraction of sp³-hybridized carbons (Fsp3) is 1.00. The number of rotatable bonds is 12. The minimum atomic E-state index is -0.354. The Morgan fingerprint density at radius 1 is 1.11 bits per heavy atom.